The quantitative estimate of drug-likeness (QED) is 0.752. The molecule has 0 spiro atoms. The molecule has 0 heterocycles. The van der Waals surface area contributed by atoms with Crippen molar-refractivity contribution in [3.8, 4) is 5.75 Å². The maximum Gasteiger partial charge on any atom is 0.227 e. The van der Waals surface area contributed by atoms with E-state index in [0.29, 0.717) is 17.6 Å². The Labute approximate surface area is 144 Å². The van der Waals surface area contributed by atoms with Crippen LogP contribution in [0.15, 0.2) is 46.9 Å². The van der Waals surface area contributed by atoms with Crippen molar-refractivity contribution in [1.82, 2.24) is 4.90 Å². The molecule has 2 aromatic rings. The Bertz CT molecular complexity index is 673. The lowest BCUT2D eigenvalue weighted by Crippen LogP contribution is -2.27. The molecule has 122 valence electrons. The van der Waals surface area contributed by atoms with E-state index >= 15 is 0 Å². The lowest BCUT2D eigenvalue weighted by atomic mass is 10.1. The average molecular weight is 380 g/mol. The van der Waals surface area contributed by atoms with E-state index in [-0.39, 0.29) is 18.1 Å². The highest BCUT2D eigenvalue weighted by atomic mass is 79.9. The maximum atomic E-state index is 13.2. The molecule has 0 bridgehead atoms. The minimum absolute atomic E-state index is 0.0163. The van der Waals surface area contributed by atoms with E-state index in [2.05, 4.69) is 15.9 Å². The fourth-order valence-corrected chi connectivity index (χ4v) is 2.61. The molecule has 0 saturated heterocycles. The number of benzene rings is 2. The summed E-state index contributed by atoms with van der Waals surface area (Å²) < 4.78 is 19.0. The first-order chi connectivity index (χ1) is 11.0. The van der Waals surface area contributed by atoms with E-state index in [1.165, 1.54) is 6.07 Å². The number of halogens is 2. The van der Waals surface area contributed by atoms with Crippen molar-refractivity contribution in [2.75, 3.05) is 13.7 Å². The van der Waals surface area contributed by atoms with E-state index in [0.717, 1.165) is 16.9 Å². The Hall–Kier alpha value is -1.88. The standard InChI is InChI=1S/C18H19BrFNO2/c1-3-23-15-7-4-13(5-8-15)12-21(2)18(22)11-14-6-9-17(20)16(19)10-14/h4-10H,3,11-12H2,1-2H3. The van der Waals surface area contributed by atoms with Crippen LogP contribution in [0.25, 0.3) is 0 Å². The Morgan fingerprint density at radius 1 is 1.17 bits per heavy atom. The van der Waals surface area contributed by atoms with Gasteiger partial charge < -0.3 is 9.64 Å². The summed E-state index contributed by atoms with van der Waals surface area (Å²) in [5, 5.41) is 0. The molecule has 0 radical (unpaired) electrons. The number of amides is 1. The van der Waals surface area contributed by atoms with Crippen LogP contribution in [0.2, 0.25) is 0 Å². The molecule has 2 aromatic carbocycles. The monoisotopic (exact) mass is 379 g/mol. The van der Waals surface area contributed by atoms with Crippen LogP contribution in [-0.4, -0.2) is 24.5 Å². The molecule has 0 N–H and O–H groups in total. The van der Waals surface area contributed by atoms with Gasteiger partial charge >= 0.3 is 0 Å². The van der Waals surface area contributed by atoms with Gasteiger partial charge in [0.2, 0.25) is 5.91 Å². The van der Waals surface area contributed by atoms with E-state index in [9.17, 15) is 9.18 Å². The van der Waals surface area contributed by atoms with Crippen LogP contribution >= 0.6 is 15.9 Å². The summed E-state index contributed by atoms with van der Waals surface area (Å²) in [4.78, 5) is 13.9. The van der Waals surface area contributed by atoms with Gasteiger partial charge in [-0.25, -0.2) is 4.39 Å². The van der Waals surface area contributed by atoms with Gasteiger partial charge in [0, 0.05) is 13.6 Å². The molecule has 2 rings (SSSR count). The molecule has 0 aromatic heterocycles. The van der Waals surface area contributed by atoms with E-state index in [4.69, 9.17) is 4.74 Å². The summed E-state index contributed by atoms with van der Waals surface area (Å²) in [6.45, 7) is 3.09. The van der Waals surface area contributed by atoms with Crippen LogP contribution in [-0.2, 0) is 17.8 Å². The van der Waals surface area contributed by atoms with Crippen molar-refractivity contribution in [2.45, 2.75) is 19.9 Å². The van der Waals surface area contributed by atoms with Gasteiger partial charge in [-0.15, -0.1) is 0 Å². The lowest BCUT2D eigenvalue weighted by Gasteiger charge is -2.18. The molecule has 0 aliphatic heterocycles. The van der Waals surface area contributed by atoms with Gasteiger partial charge in [0.05, 0.1) is 17.5 Å². The Morgan fingerprint density at radius 3 is 2.43 bits per heavy atom. The van der Waals surface area contributed by atoms with Crippen LogP contribution in [0, 0.1) is 5.82 Å². The Kier molecular flexibility index (Phi) is 6.16. The van der Waals surface area contributed by atoms with Crippen LogP contribution in [0.3, 0.4) is 0 Å². The van der Waals surface area contributed by atoms with Crippen molar-refractivity contribution >= 4 is 21.8 Å². The summed E-state index contributed by atoms with van der Waals surface area (Å²) in [7, 11) is 1.76. The lowest BCUT2D eigenvalue weighted by molar-refractivity contribution is -0.129. The van der Waals surface area contributed by atoms with Crippen LogP contribution in [0.5, 0.6) is 5.75 Å². The van der Waals surface area contributed by atoms with Crippen LogP contribution < -0.4 is 4.74 Å². The predicted molar refractivity (Wildman–Crippen MR) is 91.9 cm³/mol. The highest BCUT2D eigenvalue weighted by Crippen LogP contribution is 2.18. The average Bonchev–Trinajstić information content (AvgIpc) is 2.53. The molecule has 5 heteroatoms. The summed E-state index contributed by atoms with van der Waals surface area (Å²) in [5.74, 6) is 0.475. The normalized spacial score (nSPS) is 10.4. The second kappa shape index (κ2) is 8.11. The number of ether oxygens (including phenoxy) is 1. The smallest absolute Gasteiger partial charge is 0.227 e. The number of carbonyl (C=O) groups excluding carboxylic acids is 1. The van der Waals surface area contributed by atoms with Crippen LogP contribution in [0.4, 0.5) is 4.39 Å². The highest BCUT2D eigenvalue weighted by Gasteiger charge is 2.11. The van der Waals surface area contributed by atoms with Gasteiger partial charge in [-0.3, -0.25) is 4.79 Å². The molecule has 1 amide bonds. The summed E-state index contributed by atoms with van der Waals surface area (Å²) >= 11 is 3.13. The van der Waals surface area contributed by atoms with Gasteiger partial charge in [-0.2, -0.15) is 0 Å². The molecular formula is C18H19BrFNO2. The zero-order valence-electron chi connectivity index (χ0n) is 13.2. The second-order valence-corrected chi connectivity index (χ2v) is 6.11. The number of hydrogen-bond acceptors (Lipinski definition) is 2. The van der Waals surface area contributed by atoms with Crippen molar-refractivity contribution < 1.29 is 13.9 Å². The third-order valence-corrected chi connectivity index (χ3v) is 4.03. The third-order valence-electron chi connectivity index (χ3n) is 3.42. The summed E-state index contributed by atoms with van der Waals surface area (Å²) in [6, 6.07) is 12.3. The van der Waals surface area contributed by atoms with E-state index in [1.54, 1.807) is 24.1 Å². The minimum Gasteiger partial charge on any atom is -0.494 e. The largest absolute Gasteiger partial charge is 0.494 e. The van der Waals surface area contributed by atoms with Crippen molar-refractivity contribution in [2.24, 2.45) is 0 Å². The zero-order valence-corrected chi connectivity index (χ0v) is 14.8. The fourth-order valence-electron chi connectivity index (χ4n) is 2.18. The molecule has 0 aliphatic rings. The van der Waals surface area contributed by atoms with Gasteiger partial charge in [-0.1, -0.05) is 18.2 Å². The summed E-state index contributed by atoms with van der Waals surface area (Å²) in [5.41, 5.74) is 1.81. The Balaban J connectivity index is 1.95. The van der Waals surface area contributed by atoms with Gasteiger partial charge in [0.1, 0.15) is 11.6 Å². The molecule has 0 atom stereocenters. The fraction of sp³-hybridized carbons (Fsp3) is 0.278. The van der Waals surface area contributed by atoms with E-state index < -0.39 is 0 Å². The first kappa shape index (κ1) is 17.5. The zero-order chi connectivity index (χ0) is 16.8. The molecule has 0 unspecified atom stereocenters. The minimum atomic E-state index is -0.330. The van der Waals surface area contributed by atoms with Gasteiger partial charge in [-0.05, 0) is 58.2 Å². The first-order valence-electron chi connectivity index (χ1n) is 7.39. The predicted octanol–water partition coefficient (Wildman–Crippen LogP) is 4.19. The van der Waals surface area contributed by atoms with Crippen LogP contribution in [0.1, 0.15) is 18.1 Å². The molecule has 0 aliphatic carbocycles. The molecule has 0 fully saturated rings. The number of rotatable bonds is 6. The molecule has 3 nitrogen and oxygen atoms in total. The molecular weight excluding hydrogens is 361 g/mol. The van der Waals surface area contributed by atoms with Gasteiger partial charge in [0.15, 0.2) is 0 Å². The summed E-state index contributed by atoms with van der Waals surface area (Å²) in [6.07, 6.45) is 0.242. The maximum absolute atomic E-state index is 13.2. The molecule has 0 saturated carbocycles. The Morgan fingerprint density at radius 2 is 1.83 bits per heavy atom. The van der Waals surface area contributed by atoms with Crippen molar-refractivity contribution in [3.05, 3.63) is 63.9 Å². The number of hydrogen-bond donors (Lipinski definition) is 0. The highest BCUT2D eigenvalue weighted by molar-refractivity contribution is 9.10. The number of nitrogens with zero attached hydrogens (tertiary/aromatic N) is 1. The molecule has 23 heavy (non-hydrogen) atoms. The van der Waals surface area contributed by atoms with Gasteiger partial charge in [0.25, 0.3) is 0 Å². The second-order valence-electron chi connectivity index (χ2n) is 5.25. The van der Waals surface area contributed by atoms with Crippen molar-refractivity contribution in [3.63, 3.8) is 0 Å². The van der Waals surface area contributed by atoms with E-state index in [1.807, 2.05) is 31.2 Å². The van der Waals surface area contributed by atoms with Crippen molar-refractivity contribution in [1.29, 1.82) is 0 Å². The topological polar surface area (TPSA) is 29.5 Å². The first-order valence-corrected chi connectivity index (χ1v) is 8.18. The number of likely N-dealkylation sites (N-methyl/N-ethyl adjacent to an activating group) is 1. The number of carbonyl (C=O) groups is 1. The third kappa shape index (κ3) is 5.06. The SMILES string of the molecule is CCOc1ccc(CN(C)C(=O)Cc2ccc(F)c(Br)c2)cc1.